The van der Waals surface area contributed by atoms with E-state index in [4.69, 9.17) is 4.74 Å². The molecule has 30 heavy (non-hydrogen) atoms. The fourth-order valence-corrected chi connectivity index (χ4v) is 4.45. The quantitative estimate of drug-likeness (QED) is 0.491. The number of nitrogens with zero attached hydrogens (tertiary/aromatic N) is 3. The fourth-order valence-electron chi connectivity index (χ4n) is 3.60. The molecule has 1 aromatic heterocycles. The molecule has 1 amide bonds. The Bertz CT molecular complexity index is 1030. The number of methoxy groups -OCH3 is 1. The molecule has 0 bridgehead atoms. The highest BCUT2D eigenvalue weighted by Crippen LogP contribution is 2.30. The number of imidazole rings is 1. The Hall–Kier alpha value is -2.73. The number of ether oxygens (including phenoxy) is 1. The number of thioether (sulfide) groups is 1. The average molecular weight is 422 g/mol. The summed E-state index contributed by atoms with van der Waals surface area (Å²) < 4.78 is 7.30. The van der Waals surface area contributed by atoms with Crippen molar-refractivity contribution in [1.82, 2.24) is 14.5 Å². The van der Waals surface area contributed by atoms with Crippen LogP contribution in [0.2, 0.25) is 0 Å². The monoisotopic (exact) mass is 421 g/mol. The number of rotatable bonds is 8. The fraction of sp³-hybridized carbons (Fsp3) is 0.333. The number of aromatic nitrogens is 2. The van der Waals surface area contributed by atoms with Crippen molar-refractivity contribution < 1.29 is 9.53 Å². The lowest BCUT2D eigenvalue weighted by atomic mass is 10.1. The highest BCUT2D eigenvalue weighted by molar-refractivity contribution is 7.99. The van der Waals surface area contributed by atoms with Crippen molar-refractivity contribution in [3.8, 4) is 11.4 Å². The Kier molecular flexibility index (Phi) is 6.13. The third-order valence-corrected chi connectivity index (χ3v) is 6.31. The van der Waals surface area contributed by atoms with Gasteiger partial charge in [-0.1, -0.05) is 41.6 Å². The summed E-state index contributed by atoms with van der Waals surface area (Å²) in [4.78, 5) is 19.6. The van der Waals surface area contributed by atoms with Gasteiger partial charge in [0.15, 0.2) is 5.16 Å². The summed E-state index contributed by atoms with van der Waals surface area (Å²) in [6, 6.07) is 14.7. The van der Waals surface area contributed by atoms with Crippen LogP contribution in [0.3, 0.4) is 0 Å². The van der Waals surface area contributed by atoms with Gasteiger partial charge in [0.1, 0.15) is 5.75 Å². The molecule has 1 aliphatic carbocycles. The summed E-state index contributed by atoms with van der Waals surface area (Å²) in [5.74, 6) is 1.37. The minimum absolute atomic E-state index is 0.161. The van der Waals surface area contributed by atoms with E-state index >= 15 is 0 Å². The van der Waals surface area contributed by atoms with Gasteiger partial charge >= 0.3 is 0 Å². The van der Waals surface area contributed by atoms with Gasteiger partial charge in [0.05, 0.1) is 18.6 Å². The summed E-state index contributed by atoms with van der Waals surface area (Å²) >= 11 is 1.50. The van der Waals surface area contributed by atoms with E-state index < -0.39 is 0 Å². The Labute approximate surface area is 182 Å². The van der Waals surface area contributed by atoms with Crippen molar-refractivity contribution in [2.75, 3.05) is 12.9 Å². The van der Waals surface area contributed by atoms with E-state index in [0.717, 1.165) is 35.0 Å². The largest absolute Gasteiger partial charge is 0.497 e. The number of carbonyl (C=O) groups is 1. The molecule has 1 saturated carbocycles. The zero-order valence-electron chi connectivity index (χ0n) is 17.7. The van der Waals surface area contributed by atoms with Gasteiger partial charge in [-0.05, 0) is 56.0 Å². The first-order valence-corrected chi connectivity index (χ1v) is 11.2. The second-order valence-electron chi connectivity index (χ2n) is 7.76. The van der Waals surface area contributed by atoms with Crippen molar-refractivity contribution in [3.63, 3.8) is 0 Å². The van der Waals surface area contributed by atoms with Crippen LogP contribution in [0.4, 0.5) is 0 Å². The van der Waals surface area contributed by atoms with Crippen LogP contribution in [0.1, 0.15) is 29.5 Å². The minimum Gasteiger partial charge on any atom is -0.497 e. The van der Waals surface area contributed by atoms with Gasteiger partial charge in [-0.25, -0.2) is 4.98 Å². The zero-order chi connectivity index (χ0) is 21.1. The van der Waals surface area contributed by atoms with Crippen molar-refractivity contribution in [3.05, 3.63) is 71.5 Å². The maximum Gasteiger partial charge on any atom is 0.233 e. The van der Waals surface area contributed by atoms with Gasteiger partial charge in [0, 0.05) is 25.0 Å². The molecular formula is C24H27N3O2S. The van der Waals surface area contributed by atoms with Crippen molar-refractivity contribution in [1.29, 1.82) is 0 Å². The van der Waals surface area contributed by atoms with E-state index in [-0.39, 0.29) is 5.91 Å². The third kappa shape index (κ3) is 4.70. The second kappa shape index (κ2) is 8.96. The van der Waals surface area contributed by atoms with Crippen LogP contribution in [0.15, 0.2) is 60.0 Å². The molecule has 1 heterocycles. The van der Waals surface area contributed by atoms with Crippen LogP contribution in [-0.2, 0) is 11.3 Å². The SMILES string of the molecule is COc1ccc(CN(C(=O)CSc2nccn2-c2ccc(C)cc2C)C2CC2)cc1. The van der Waals surface area contributed by atoms with E-state index in [0.29, 0.717) is 18.3 Å². The molecular weight excluding hydrogens is 394 g/mol. The summed E-state index contributed by atoms with van der Waals surface area (Å²) in [6.07, 6.45) is 5.93. The van der Waals surface area contributed by atoms with Crippen LogP contribution < -0.4 is 4.74 Å². The van der Waals surface area contributed by atoms with Crippen LogP contribution in [0, 0.1) is 13.8 Å². The predicted molar refractivity (Wildman–Crippen MR) is 120 cm³/mol. The first-order chi connectivity index (χ1) is 14.5. The lowest BCUT2D eigenvalue weighted by molar-refractivity contribution is -0.129. The molecule has 0 saturated heterocycles. The van der Waals surface area contributed by atoms with Crippen LogP contribution in [0.25, 0.3) is 5.69 Å². The first kappa shape index (κ1) is 20.5. The molecule has 1 fully saturated rings. The summed E-state index contributed by atoms with van der Waals surface area (Å²) in [5.41, 5.74) is 4.66. The maximum absolute atomic E-state index is 13.1. The number of amides is 1. The normalized spacial score (nSPS) is 13.3. The third-order valence-electron chi connectivity index (χ3n) is 5.36. The maximum atomic E-state index is 13.1. The lowest BCUT2D eigenvalue weighted by Gasteiger charge is -2.22. The Morgan fingerprint density at radius 3 is 2.63 bits per heavy atom. The summed E-state index contributed by atoms with van der Waals surface area (Å²) in [7, 11) is 1.66. The van der Waals surface area contributed by atoms with Crippen LogP contribution in [-0.4, -0.2) is 39.3 Å². The number of hydrogen-bond acceptors (Lipinski definition) is 4. The van der Waals surface area contributed by atoms with Crippen LogP contribution >= 0.6 is 11.8 Å². The minimum atomic E-state index is 0.161. The lowest BCUT2D eigenvalue weighted by Crippen LogP contribution is -2.34. The molecule has 0 atom stereocenters. The van der Waals surface area contributed by atoms with E-state index in [1.807, 2.05) is 35.4 Å². The van der Waals surface area contributed by atoms with Gasteiger partial charge < -0.3 is 9.64 Å². The second-order valence-corrected chi connectivity index (χ2v) is 8.70. The predicted octanol–water partition coefficient (Wildman–Crippen LogP) is 4.78. The summed E-state index contributed by atoms with van der Waals surface area (Å²) in [5, 5.41) is 0.843. The first-order valence-electron chi connectivity index (χ1n) is 10.2. The molecule has 4 rings (SSSR count). The topological polar surface area (TPSA) is 47.4 Å². The summed E-state index contributed by atoms with van der Waals surface area (Å²) in [6.45, 7) is 4.83. The average Bonchev–Trinajstić information content (AvgIpc) is 3.48. The van der Waals surface area contributed by atoms with Crippen molar-refractivity contribution in [2.45, 2.75) is 44.4 Å². The Balaban J connectivity index is 1.44. The molecule has 0 unspecified atom stereocenters. The molecule has 3 aromatic rings. The van der Waals surface area contributed by atoms with Crippen LogP contribution in [0.5, 0.6) is 5.75 Å². The molecule has 0 aliphatic heterocycles. The number of benzene rings is 2. The van der Waals surface area contributed by atoms with Gasteiger partial charge in [-0.3, -0.25) is 9.36 Å². The zero-order valence-corrected chi connectivity index (χ0v) is 18.5. The molecule has 5 nitrogen and oxygen atoms in total. The van der Waals surface area contributed by atoms with E-state index in [9.17, 15) is 4.79 Å². The molecule has 2 aromatic carbocycles. The highest BCUT2D eigenvalue weighted by atomic mass is 32.2. The van der Waals surface area contributed by atoms with Gasteiger partial charge in [-0.15, -0.1) is 0 Å². The van der Waals surface area contributed by atoms with E-state index in [2.05, 4.69) is 41.6 Å². The molecule has 156 valence electrons. The van der Waals surface area contributed by atoms with Gasteiger partial charge in [0.25, 0.3) is 0 Å². The Morgan fingerprint density at radius 2 is 1.97 bits per heavy atom. The number of carbonyl (C=O) groups excluding carboxylic acids is 1. The van der Waals surface area contributed by atoms with Crippen molar-refractivity contribution in [2.24, 2.45) is 0 Å². The van der Waals surface area contributed by atoms with E-state index in [1.165, 1.54) is 22.9 Å². The van der Waals surface area contributed by atoms with Crippen molar-refractivity contribution >= 4 is 17.7 Å². The molecule has 6 heteroatoms. The standard InChI is InChI=1S/C24H27N3O2S/c1-17-4-11-22(18(2)14-17)26-13-12-25-24(26)30-16-23(28)27(20-7-8-20)15-19-5-9-21(29-3)10-6-19/h4-6,9-14,20H,7-8,15-16H2,1-3H3. The van der Waals surface area contributed by atoms with E-state index in [1.54, 1.807) is 13.3 Å². The smallest absolute Gasteiger partial charge is 0.233 e. The van der Waals surface area contributed by atoms with Gasteiger partial charge in [0.2, 0.25) is 5.91 Å². The molecule has 0 N–H and O–H groups in total. The number of aryl methyl sites for hydroxylation is 2. The van der Waals surface area contributed by atoms with Gasteiger partial charge in [-0.2, -0.15) is 0 Å². The Morgan fingerprint density at radius 1 is 1.20 bits per heavy atom. The molecule has 0 spiro atoms. The number of hydrogen-bond donors (Lipinski definition) is 0. The highest BCUT2D eigenvalue weighted by Gasteiger charge is 2.32. The molecule has 0 radical (unpaired) electrons. The molecule has 1 aliphatic rings.